The Labute approximate surface area is 75.3 Å². The highest BCUT2D eigenvalue weighted by molar-refractivity contribution is 4.68. The molecule has 12 heavy (non-hydrogen) atoms. The van der Waals surface area contributed by atoms with Crippen LogP contribution in [-0.4, -0.2) is 44.2 Å². The van der Waals surface area contributed by atoms with Gasteiger partial charge in [0.15, 0.2) is 0 Å². The highest BCUT2D eigenvalue weighted by atomic mass is 15.2. The van der Waals surface area contributed by atoms with Crippen molar-refractivity contribution in [1.82, 2.24) is 10.2 Å². The summed E-state index contributed by atoms with van der Waals surface area (Å²) < 4.78 is 0. The van der Waals surface area contributed by atoms with Gasteiger partial charge in [-0.25, -0.2) is 0 Å². The standard InChI is InChI=1S/C9H21N3/c1-9(7-10)8-12-5-2-3-11-4-6-12/h9,11H,2-8,10H2,1H3. The third-order valence-electron chi connectivity index (χ3n) is 2.40. The summed E-state index contributed by atoms with van der Waals surface area (Å²) in [6, 6.07) is 0. The molecule has 0 aromatic carbocycles. The summed E-state index contributed by atoms with van der Waals surface area (Å²) in [6.45, 7) is 8.92. The molecule has 1 heterocycles. The molecule has 0 aliphatic carbocycles. The summed E-state index contributed by atoms with van der Waals surface area (Å²) >= 11 is 0. The first-order valence-corrected chi connectivity index (χ1v) is 4.96. The lowest BCUT2D eigenvalue weighted by molar-refractivity contribution is 0.255. The van der Waals surface area contributed by atoms with Gasteiger partial charge in [0, 0.05) is 19.6 Å². The Morgan fingerprint density at radius 1 is 1.42 bits per heavy atom. The Hall–Kier alpha value is -0.120. The van der Waals surface area contributed by atoms with E-state index in [1.807, 2.05) is 0 Å². The van der Waals surface area contributed by atoms with Gasteiger partial charge >= 0.3 is 0 Å². The van der Waals surface area contributed by atoms with Gasteiger partial charge in [0.05, 0.1) is 0 Å². The van der Waals surface area contributed by atoms with Gasteiger partial charge in [0.25, 0.3) is 0 Å². The first-order valence-electron chi connectivity index (χ1n) is 4.96. The SMILES string of the molecule is CC(CN)CN1CCCNCC1. The number of nitrogens with two attached hydrogens (primary N) is 1. The van der Waals surface area contributed by atoms with Gasteiger partial charge in [-0.2, -0.15) is 0 Å². The van der Waals surface area contributed by atoms with Crippen molar-refractivity contribution in [2.45, 2.75) is 13.3 Å². The highest BCUT2D eigenvalue weighted by Gasteiger charge is 2.10. The maximum Gasteiger partial charge on any atom is 0.0107 e. The van der Waals surface area contributed by atoms with Crippen molar-refractivity contribution >= 4 is 0 Å². The maximum absolute atomic E-state index is 5.59. The van der Waals surface area contributed by atoms with Gasteiger partial charge in [0.2, 0.25) is 0 Å². The van der Waals surface area contributed by atoms with Crippen molar-refractivity contribution in [1.29, 1.82) is 0 Å². The molecule has 0 aromatic heterocycles. The maximum atomic E-state index is 5.59. The third-order valence-corrected chi connectivity index (χ3v) is 2.40. The van der Waals surface area contributed by atoms with E-state index in [2.05, 4.69) is 17.1 Å². The van der Waals surface area contributed by atoms with Crippen LogP contribution in [-0.2, 0) is 0 Å². The number of hydrogen-bond donors (Lipinski definition) is 2. The summed E-state index contributed by atoms with van der Waals surface area (Å²) in [7, 11) is 0. The molecule has 0 spiro atoms. The van der Waals surface area contributed by atoms with E-state index in [0.717, 1.165) is 19.6 Å². The van der Waals surface area contributed by atoms with Crippen LogP contribution in [0.2, 0.25) is 0 Å². The first kappa shape index (κ1) is 9.96. The van der Waals surface area contributed by atoms with E-state index < -0.39 is 0 Å². The summed E-state index contributed by atoms with van der Waals surface area (Å²) in [5.41, 5.74) is 5.59. The second-order valence-corrected chi connectivity index (χ2v) is 3.75. The van der Waals surface area contributed by atoms with Crippen molar-refractivity contribution in [3.8, 4) is 0 Å². The minimum absolute atomic E-state index is 0.642. The molecule has 72 valence electrons. The van der Waals surface area contributed by atoms with Crippen LogP contribution in [0.25, 0.3) is 0 Å². The molecule has 1 aliphatic heterocycles. The number of nitrogens with one attached hydrogen (secondary N) is 1. The van der Waals surface area contributed by atoms with Crippen LogP contribution in [0.5, 0.6) is 0 Å². The average molecular weight is 171 g/mol. The Kier molecular flexibility index (Phi) is 4.58. The van der Waals surface area contributed by atoms with E-state index >= 15 is 0 Å². The number of rotatable bonds is 3. The molecule has 1 fully saturated rings. The number of hydrogen-bond acceptors (Lipinski definition) is 3. The smallest absolute Gasteiger partial charge is 0.0107 e. The van der Waals surface area contributed by atoms with Crippen LogP contribution < -0.4 is 11.1 Å². The van der Waals surface area contributed by atoms with E-state index in [1.54, 1.807) is 0 Å². The Bertz CT molecular complexity index is 108. The van der Waals surface area contributed by atoms with Crippen molar-refractivity contribution in [3.05, 3.63) is 0 Å². The monoisotopic (exact) mass is 171 g/mol. The largest absolute Gasteiger partial charge is 0.330 e. The van der Waals surface area contributed by atoms with Crippen molar-refractivity contribution < 1.29 is 0 Å². The summed E-state index contributed by atoms with van der Waals surface area (Å²) in [5.74, 6) is 0.642. The summed E-state index contributed by atoms with van der Waals surface area (Å²) in [4.78, 5) is 2.51. The lowest BCUT2D eigenvalue weighted by Gasteiger charge is -2.22. The lowest BCUT2D eigenvalue weighted by Crippen LogP contribution is -2.34. The highest BCUT2D eigenvalue weighted by Crippen LogP contribution is 2.00. The molecule has 1 rings (SSSR count). The number of nitrogens with zero attached hydrogens (tertiary/aromatic N) is 1. The fraction of sp³-hybridized carbons (Fsp3) is 1.00. The summed E-state index contributed by atoms with van der Waals surface area (Å²) in [5, 5.41) is 3.40. The van der Waals surface area contributed by atoms with Gasteiger partial charge in [-0.05, 0) is 32.0 Å². The van der Waals surface area contributed by atoms with E-state index in [4.69, 9.17) is 5.73 Å². The minimum Gasteiger partial charge on any atom is -0.330 e. The third kappa shape index (κ3) is 3.52. The molecular formula is C9H21N3. The molecule has 3 nitrogen and oxygen atoms in total. The van der Waals surface area contributed by atoms with Gasteiger partial charge in [-0.3, -0.25) is 0 Å². The quantitative estimate of drug-likeness (QED) is 0.622. The average Bonchev–Trinajstić information content (AvgIpc) is 2.33. The van der Waals surface area contributed by atoms with E-state index in [0.29, 0.717) is 5.92 Å². The normalized spacial score (nSPS) is 23.5. The molecule has 0 bridgehead atoms. The molecule has 0 amide bonds. The molecule has 0 aromatic rings. The van der Waals surface area contributed by atoms with Gasteiger partial charge in [-0.15, -0.1) is 0 Å². The Balaban J connectivity index is 2.20. The molecule has 0 saturated carbocycles. The van der Waals surface area contributed by atoms with E-state index in [-0.39, 0.29) is 0 Å². The molecule has 3 N–H and O–H groups in total. The van der Waals surface area contributed by atoms with Crippen LogP contribution in [0.4, 0.5) is 0 Å². The minimum atomic E-state index is 0.642. The lowest BCUT2D eigenvalue weighted by atomic mass is 10.1. The fourth-order valence-electron chi connectivity index (χ4n) is 1.60. The van der Waals surface area contributed by atoms with Crippen molar-refractivity contribution in [2.24, 2.45) is 11.7 Å². The topological polar surface area (TPSA) is 41.3 Å². The van der Waals surface area contributed by atoms with Crippen LogP contribution in [0.1, 0.15) is 13.3 Å². The molecule has 1 atom stereocenters. The summed E-state index contributed by atoms with van der Waals surface area (Å²) in [6.07, 6.45) is 1.28. The van der Waals surface area contributed by atoms with Crippen molar-refractivity contribution in [2.75, 3.05) is 39.3 Å². The second-order valence-electron chi connectivity index (χ2n) is 3.75. The van der Waals surface area contributed by atoms with E-state index in [9.17, 15) is 0 Å². The Morgan fingerprint density at radius 2 is 2.25 bits per heavy atom. The van der Waals surface area contributed by atoms with Crippen LogP contribution >= 0.6 is 0 Å². The predicted molar refractivity (Wildman–Crippen MR) is 52.1 cm³/mol. The molecule has 1 aliphatic rings. The zero-order valence-corrected chi connectivity index (χ0v) is 8.05. The molecule has 3 heteroatoms. The molecule has 1 unspecified atom stereocenters. The van der Waals surface area contributed by atoms with Gasteiger partial charge in [-0.1, -0.05) is 6.92 Å². The molecular weight excluding hydrogens is 150 g/mol. The van der Waals surface area contributed by atoms with E-state index in [1.165, 1.54) is 26.1 Å². The fourth-order valence-corrected chi connectivity index (χ4v) is 1.60. The Morgan fingerprint density at radius 3 is 3.00 bits per heavy atom. The molecule has 1 saturated heterocycles. The zero-order valence-electron chi connectivity index (χ0n) is 8.05. The van der Waals surface area contributed by atoms with Gasteiger partial charge in [0.1, 0.15) is 0 Å². The molecule has 0 radical (unpaired) electrons. The van der Waals surface area contributed by atoms with Crippen LogP contribution in [0.15, 0.2) is 0 Å². The zero-order chi connectivity index (χ0) is 8.81. The van der Waals surface area contributed by atoms with Crippen molar-refractivity contribution in [3.63, 3.8) is 0 Å². The van der Waals surface area contributed by atoms with Crippen LogP contribution in [0, 0.1) is 5.92 Å². The van der Waals surface area contributed by atoms with Gasteiger partial charge < -0.3 is 16.0 Å². The van der Waals surface area contributed by atoms with Crippen LogP contribution in [0.3, 0.4) is 0 Å². The predicted octanol–water partition coefficient (Wildman–Crippen LogP) is -0.123. The first-order chi connectivity index (χ1) is 5.83. The second kappa shape index (κ2) is 5.51.